The molecule has 2 aliphatic heterocycles. The van der Waals surface area contributed by atoms with Crippen LogP contribution in [0.2, 0.25) is 0 Å². The largest absolute Gasteiger partial charge is 0.311 e. The summed E-state index contributed by atoms with van der Waals surface area (Å²) in [5, 5.41) is 0. The van der Waals surface area contributed by atoms with E-state index in [9.17, 15) is 0 Å². The molecule has 0 spiro atoms. The molecular weight excluding hydrogens is 629 g/mol. The highest BCUT2D eigenvalue weighted by Crippen LogP contribution is 2.45. The zero-order chi connectivity index (χ0) is 34.4. The summed E-state index contributed by atoms with van der Waals surface area (Å²) in [6.07, 6.45) is 0. The normalized spacial score (nSPS) is 12.5. The van der Waals surface area contributed by atoms with Gasteiger partial charge in [-0.2, -0.15) is 0 Å². The molecule has 8 aromatic carbocycles. The maximum atomic E-state index is 2.47. The minimum atomic E-state index is 0.0676. The van der Waals surface area contributed by atoms with E-state index in [4.69, 9.17) is 0 Å². The van der Waals surface area contributed by atoms with Gasteiger partial charge in [0, 0.05) is 51.2 Å². The lowest BCUT2D eigenvalue weighted by Gasteiger charge is -2.44. The molecule has 3 nitrogen and oxygen atoms in total. The third-order valence-electron chi connectivity index (χ3n) is 10.4. The van der Waals surface area contributed by atoms with Gasteiger partial charge in [0.15, 0.2) is 0 Å². The van der Waals surface area contributed by atoms with Crippen molar-refractivity contribution in [1.29, 1.82) is 0 Å². The monoisotopic (exact) mass is 663 g/mol. The molecule has 0 amide bonds. The van der Waals surface area contributed by atoms with E-state index in [1.807, 2.05) is 0 Å². The number of para-hydroxylation sites is 4. The Hall–Kier alpha value is -6.78. The van der Waals surface area contributed by atoms with Gasteiger partial charge in [-0.15, -0.1) is 0 Å². The molecule has 2 aliphatic rings. The van der Waals surface area contributed by atoms with Gasteiger partial charge in [0.1, 0.15) is 0 Å². The third kappa shape index (κ3) is 4.91. The molecule has 244 valence electrons. The average molecular weight is 664 g/mol. The first-order chi connectivity index (χ1) is 25.8. The van der Waals surface area contributed by atoms with Crippen molar-refractivity contribution in [2.75, 3.05) is 14.7 Å². The maximum Gasteiger partial charge on any atom is 0.252 e. The van der Waals surface area contributed by atoms with E-state index in [2.05, 4.69) is 221 Å². The number of benzene rings is 8. The Kier molecular flexibility index (Phi) is 7.25. The summed E-state index contributed by atoms with van der Waals surface area (Å²) < 4.78 is 0. The van der Waals surface area contributed by atoms with Crippen LogP contribution in [0.4, 0.5) is 51.2 Å². The molecule has 0 saturated heterocycles. The third-order valence-corrected chi connectivity index (χ3v) is 10.4. The quantitative estimate of drug-likeness (QED) is 0.164. The van der Waals surface area contributed by atoms with Crippen LogP contribution in [-0.2, 0) is 0 Å². The van der Waals surface area contributed by atoms with Crippen molar-refractivity contribution >= 4 is 74.3 Å². The standard InChI is InChI=1S/C48H34BN3/c1-5-17-35(18-6-1)36-19-15-26-40(33-36)50(37-20-7-2-8-21-37)41-31-32-43-47(34-41)52(39-24-11-4-12-25-39)46-30-16-29-45-48(46)49(43)42-27-13-14-28-44(42)51(45)38-22-9-3-10-23-38/h1-34H. The van der Waals surface area contributed by atoms with Gasteiger partial charge < -0.3 is 14.7 Å². The van der Waals surface area contributed by atoms with E-state index in [1.165, 1.54) is 50.3 Å². The van der Waals surface area contributed by atoms with Crippen molar-refractivity contribution in [2.24, 2.45) is 0 Å². The second-order valence-electron chi connectivity index (χ2n) is 13.4. The highest BCUT2D eigenvalue weighted by atomic mass is 15.2. The lowest BCUT2D eigenvalue weighted by Crippen LogP contribution is -2.61. The first-order valence-corrected chi connectivity index (χ1v) is 17.9. The van der Waals surface area contributed by atoms with E-state index >= 15 is 0 Å². The van der Waals surface area contributed by atoms with Gasteiger partial charge in [0.05, 0.1) is 0 Å². The summed E-state index contributed by atoms with van der Waals surface area (Å²) in [7, 11) is 0. The molecule has 0 aromatic heterocycles. The summed E-state index contributed by atoms with van der Waals surface area (Å²) in [6.45, 7) is 0.0676. The number of fused-ring (bicyclic) bond motifs is 4. The SMILES string of the molecule is c1ccc(-c2cccc(N(c3ccccc3)c3ccc4c(c3)N(c3ccccc3)c3cccc5c3B4c3ccccc3N5c3ccccc3)c2)cc1. The molecule has 0 aliphatic carbocycles. The van der Waals surface area contributed by atoms with Gasteiger partial charge in [0.2, 0.25) is 0 Å². The molecule has 0 fully saturated rings. The molecule has 0 unspecified atom stereocenters. The lowest BCUT2D eigenvalue weighted by atomic mass is 9.33. The first-order valence-electron chi connectivity index (χ1n) is 17.9. The van der Waals surface area contributed by atoms with E-state index < -0.39 is 0 Å². The van der Waals surface area contributed by atoms with Crippen molar-refractivity contribution in [1.82, 2.24) is 0 Å². The van der Waals surface area contributed by atoms with E-state index in [0.29, 0.717) is 0 Å². The Balaban J connectivity index is 1.21. The molecule has 0 radical (unpaired) electrons. The Labute approximate surface area is 305 Å². The molecule has 0 bridgehead atoms. The van der Waals surface area contributed by atoms with Crippen LogP contribution in [0.5, 0.6) is 0 Å². The number of nitrogens with zero attached hydrogens (tertiary/aromatic N) is 3. The van der Waals surface area contributed by atoms with E-state index in [-0.39, 0.29) is 6.71 Å². The Bertz CT molecular complexity index is 2540. The Morgan fingerprint density at radius 2 is 0.808 bits per heavy atom. The number of hydrogen-bond donors (Lipinski definition) is 0. The molecule has 0 N–H and O–H groups in total. The summed E-state index contributed by atoms with van der Waals surface area (Å²) in [6, 6.07) is 74.6. The molecule has 2 heterocycles. The van der Waals surface area contributed by atoms with Gasteiger partial charge in [-0.05, 0) is 106 Å². The second-order valence-corrected chi connectivity index (χ2v) is 13.4. The highest BCUT2D eigenvalue weighted by molar-refractivity contribution is 7.00. The number of anilines is 9. The van der Waals surface area contributed by atoms with Gasteiger partial charge in [-0.1, -0.05) is 127 Å². The molecule has 4 heteroatoms. The molecule has 10 rings (SSSR count). The fourth-order valence-corrected chi connectivity index (χ4v) is 8.20. The van der Waals surface area contributed by atoms with Crippen molar-refractivity contribution < 1.29 is 0 Å². The molecule has 0 saturated carbocycles. The minimum Gasteiger partial charge on any atom is -0.311 e. The van der Waals surface area contributed by atoms with Crippen LogP contribution < -0.4 is 31.1 Å². The molecule has 0 atom stereocenters. The van der Waals surface area contributed by atoms with Crippen LogP contribution in [0, 0.1) is 0 Å². The van der Waals surface area contributed by atoms with Crippen LogP contribution >= 0.6 is 0 Å². The second kappa shape index (κ2) is 12.5. The van der Waals surface area contributed by atoms with E-state index in [1.54, 1.807) is 0 Å². The average Bonchev–Trinajstić information content (AvgIpc) is 3.22. The van der Waals surface area contributed by atoms with Gasteiger partial charge in [-0.25, -0.2) is 0 Å². The fourth-order valence-electron chi connectivity index (χ4n) is 8.20. The van der Waals surface area contributed by atoms with E-state index in [0.717, 1.165) is 28.4 Å². The van der Waals surface area contributed by atoms with Gasteiger partial charge in [0.25, 0.3) is 6.71 Å². The summed E-state index contributed by atoms with van der Waals surface area (Å²) in [4.78, 5) is 7.28. The van der Waals surface area contributed by atoms with Crippen molar-refractivity contribution in [2.45, 2.75) is 0 Å². The predicted molar refractivity (Wildman–Crippen MR) is 221 cm³/mol. The summed E-state index contributed by atoms with van der Waals surface area (Å²) in [5.41, 5.74) is 16.7. The highest BCUT2D eigenvalue weighted by Gasteiger charge is 2.43. The van der Waals surface area contributed by atoms with Crippen molar-refractivity contribution in [3.63, 3.8) is 0 Å². The zero-order valence-electron chi connectivity index (χ0n) is 28.5. The molecule has 52 heavy (non-hydrogen) atoms. The first kappa shape index (κ1) is 30.1. The van der Waals surface area contributed by atoms with Crippen LogP contribution in [0.25, 0.3) is 11.1 Å². The maximum absolute atomic E-state index is 2.47. The fraction of sp³-hybridized carbons (Fsp3) is 0. The topological polar surface area (TPSA) is 9.72 Å². The van der Waals surface area contributed by atoms with Gasteiger partial charge in [-0.3, -0.25) is 0 Å². The molecular formula is C48H34BN3. The van der Waals surface area contributed by atoms with Crippen LogP contribution in [-0.4, -0.2) is 6.71 Å². The lowest BCUT2D eigenvalue weighted by molar-refractivity contribution is 1.24. The van der Waals surface area contributed by atoms with Crippen molar-refractivity contribution in [3.05, 3.63) is 206 Å². The summed E-state index contributed by atoms with van der Waals surface area (Å²) >= 11 is 0. The van der Waals surface area contributed by atoms with Crippen LogP contribution in [0.3, 0.4) is 0 Å². The summed E-state index contributed by atoms with van der Waals surface area (Å²) in [5.74, 6) is 0. The zero-order valence-corrected chi connectivity index (χ0v) is 28.5. The van der Waals surface area contributed by atoms with Crippen molar-refractivity contribution in [3.8, 4) is 11.1 Å². The van der Waals surface area contributed by atoms with Gasteiger partial charge >= 0.3 is 0 Å². The molecule has 8 aromatic rings. The van der Waals surface area contributed by atoms with Crippen LogP contribution in [0.15, 0.2) is 206 Å². The Morgan fingerprint density at radius 1 is 0.327 bits per heavy atom. The number of hydrogen-bond acceptors (Lipinski definition) is 3. The minimum absolute atomic E-state index is 0.0676. The number of rotatable bonds is 6. The smallest absolute Gasteiger partial charge is 0.252 e. The van der Waals surface area contributed by atoms with Crippen LogP contribution in [0.1, 0.15) is 0 Å². The Morgan fingerprint density at radius 3 is 1.50 bits per heavy atom. The predicted octanol–water partition coefficient (Wildman–Crippen LogP) is 10.9.